The smallest absolute Gasteiger partial charge is 0.253 e. The van der Waals surface area contributed by atoms with Crippen molar-refractivity contribution in [2.75, 3.05) is 12.9 Å². The van der Waals surface area contributed by atoms with Crippen molar-refractivity contribution in [2.24, 2.45) is 16.6 Å². The number of pyridine rings is 1. The molecule has 4 atom stereocenters. The second-order valence-corrected chi connectivity index (χ2v) is 10.1. The molecule has 1 saturated carbocycles. The topological polar surface area (TPSA) is 98.8 Å². The van der Waals surface area contributed by atoms with Crippen LogP contribution in [0.15, 0.2) is 46.0 Å². The van der Waals surface area contributed by atoms with Crippen LogP contribution in [0, 0.1) is 5.92 Å². The Morgan fingerprint density at radius 3 is 2.94 bits per heavy atom. The van der Waals surface area contributed by atoms with E-state index in [0.717, 1.165) is 40.8 Å². The summed E-state index contributed by atoms with van der Waals surface area (Å²) in [5.74, 6) is 2.16. The number of ether oxygens (including phenoxy) is 2. The van der Waals surface area contributed by atoms with Crippen LogP contribution in [0.3, 0.4) is 0 Å². The molecule has 3 N–H and O–H groups in total. The van der Waals surface area contributed by atoms with Crippen molar-refractivity contribution in [3.8, 4) is 11.6 Å². The monoisotopic (exact) mass is 502 g/mol. The van der Waals surface area contributed by atoms with E-state index >= 15 is 0 Å². The Morgan fingerprint density at radius 2 is 2.23 bits per heavy atom. The molecule has 1 aromatic heterocycles. The lowest BCUT2D eigenvalue weighted by Crippen LogP contribution is -2.54. The first-order valence-corrected chi connectivity index (χ1v) is 12.0. The van der Waals surface area contributed by atoms with Crippen LogP contribution in [0.4, 0.5) is 0 Å². The summed E-state index contributed by atoms with van der Waals surface area (Å²) in [6.45, 7) is 0. The van der Waals surface area contributed by atoms with Crippen LogP contribution in [0.5, 0.6) is 11.6 Å². The summed E-state index contributed by atoms with van der Waals surface area (Å²) in [4.78, 5) is 21.9. The summed E-state index contributed by atoms with van der Waals surface area (Å²) in [6, 6.07) is 9.56. The van der Waals surface area contributed by atoms with Crippen LogP contribution in [-0.4, -0.2) is 41.1 Å². The fourth-order valence-corrected chi connectivity index (χ4v) is 6.29. The minimum absolute atomic E-state index is 0.0343. The first-order chi connectivity index (χ1) is 15.0. The number of methoxy groups -OCH3 is 1. The lowest BCUT2D eigenvalue weighted by Gasteiger charge is -2.48. The molecule has 2 aliphatic heterocycles. The maximum atomic E-state index is 12.8. The van der Waals surface area contributed by atoms with Gasteiger partial charge in [0.1, 0.15) is 17.4 Å². The van der Waals surface area contributed by atoms with Gasteiger partial charge in [-0.3, -0.25) is 4.79 Å². The largest absolute Gasteiger partial charge is 0.490 e. The van der Waals surface area contributed by atoms with Gasteiger partial charge < -0.3 is 20.5 Å². The third-order valence-corrected chi connectivity index (χ3v) is 7.84. The molecule has 7 nitrogen and oxygen atoms in total. The number of aliphatic imine (C=N–C) groups is 1. The fourth-order valence-electron chi connectivity index (χ4n) is 4.90. The molecule has 0 bridgehead atoms. The third-order valence-electron chi connectivity index (χ3n) is 6.38. The second-order valence-electron chi connectivity index (χ2n) is 8.14. The zero-order valence-corrected chi connectivity index (χ0v) is 19.4. The molecule has 0 saturated heterocycles. The predicted molar refractivity (Wildman–Crippen MR) is 124 cm³/mol. The van der Waals surface area contributed by atoms with Crippen molar-refractivity contribution < 1.29 is 14.3 Å². The number of nitrogens with zero attached hydrogens (tertiary/aromatic N) is 2. The molecule has 3 aliphatic rings. The minimum Gasteiger partial charge on any atom is -0.490 e. The fraction of sp³-hybridized carbons (Fsp3) is 0.409. The molecule has 1 aromatic carbocycles. The van der Waals surface area contributed by atoms with Gasteiger partial charge in [0.05, 0.1) is 12.7 Å². The van der Waals surface area contributed by atoms with Crippen molar-refractivity contribution >= 4 is 38.8 Å². The number of hydrogen-bond acceptors (Lipinski definition) is 7. The van der Waals surface area contributed by atoms with Crippen LogP contribution >= 0.6 is 27.7 Å². The van der Waals surface area contributed by atoms with E-state index in [1.54, 1.807) is 31.0 Å². The number of benzene rings is 1. The van der Waals surface area contributed by atoms with Gasteiger partial charge in [-0.2, -0.15) is 0 Å². The number of carbonyl (C=O) groups excluding carboxylic acids is 1. The SMILES string of the molecule is COc1ccc(C(=O)NC2CC[C@@H]3Oc4ccc(Br)cc4C4(CSC(N)=N4)[C@H]3C2)cn1. The molecule has 1 spiro atoms. The number of halogens is 1. The quantitative estimate of drug-likeness (QED) is 0.666. The number of aromatic nitrogens is 1. The normalized spacial score (nSPS) is 28.8. The van der Waals surface area contributed by atoms with E-state index in [1.165, 1.54) is 6.20 Å². The first kappa shape index (κ1) is 20.6. The van der Waals surface area contributed by atoms with Crippen LogP contribution < -0.4 is 20.5 Å². The lowest BCUT2D eigenvalue weighted by molar-refractivity contribution is 0.0155. The van der Waals surface area contributed by atoms with Gasteiger partial charge in [0.2, 0.25) is 5.88 Å². The first-order valence-electron chi connectivity index (χ1n) is 10.2. The van der Waals surface area contributed by atoms with E-state index in [9.17, 15) is 4.79 Å². The predicted octanol–water partition coefficient (Wildman–Crippen LogP) is 3.47. The van der Waals surface area contributed by atoms with E-state index < -0.39 is 5.54 Å². The number of amidine groups is 1. The number of hydrogen-bond donors (Lipinski definition) is 2. The summed E-state index contributed by atoms with van der Waals surface area (Å²) >= 11 is 5.18. The average molecular weight is 503 g/mol. The van der Waals surface area contributed by atoms with Gasteiger partial charge in [-0.15, -0.1) is 0 Å². The number of carbonyl (C=O) groups is 1. The van der Waals surface area contributed by atoms with Gasteiger partial charge >= 0.3 is 0 Å². The highest BCUT2D eigenvalue weighted by atomic mass is 79.9. The van der Waals surface area contributed by atoms with E-state index in [1.807, 2.05) is 12.1 Å². The van der Waals surface area contributed by atoms with Gasteiger partial charge in [-0.1, -0.05) is 27.7 Å². The van der Waals surface area contributed by atoms with Crippen molar-refractivity contribution in [1.82, 2.24) is 10.3 Å². The minimum atomic E-state index is -0.429. The number of nitrogens with two attached hydrogens (primary N) is 1. The van der Waals surface area contributed by atoms with Crippen LogP contribution in [-0.2, 0) is 5.54 Å². The maximum absolute atomic E-state index is 12.8. The summed E-state index contributed by atoms with van der Waals surface area (Å²) in [6.07, 6.45) is 4.08. The molecule has 0 radical (unpaired) electrons. The summed E-state index contributed by atoms with van der Waals surface area (Å²) < 4.78 is 12.5. The molecule has 5 rings (SSSR count). The Hall–Kier alpha value is -2.26. The van der Waals surface area contributed by atoms with Gasteiger partial charge in [0, 0.05) is 40.0 Å². The summed E-state index contributed by atoms with van der Waals surface area (Å²) in [7, 11) is 1.55. The van der Waals surface area contributed by atoms with E-state index in [4.69, 9.17) is 20.2 Å². The molecule has 1 fully saturated rings. The molecule has 31 heavy (non-hydrogen) atoms. The molecular formula is C22H23BrN4O3S. The van der Waals surface area contributed by atoms with E-state index in [-0.39, 0.29) is 24.0 Å². The van der Waals surface area contributed by atoms with Crippen LogP contribution in [0.25, 0.3) is 0 Å². The lowest BCUT2D eigenvalue weighted by atomic mass is 9.67. The average Bonchev–Trinajstić information content (AvgIpc) is 3.17. The Morgan fingerprint density at radius 1 is 1.35 bits per heavy atom. The van der Waals surface area contributed by atoms with Crippen molar-refractivity contribution in [1.29, 1.82) is 0 Å². The number of amides is 1. The zero-order chi connectivity index (χ0) is 21.6. The van der Waals surface area contributed by atoms with Gasteiger partial charge in [0.25, 0.3) is 5.91 Å². The second kappa shape index (κ2) is 8.02. The Bertz CT molecular complexity index is 1050. The van der Waals surface area contributed by atoms with Crippen molar-refractivity contribution in [3.63, 3.8) is 0 Å². The van der Waals surface area contributed by atoms with Gasteiger partial charge in [-0.25, -0.2) is 9.98 Å². The molecule has 3 heterocycles. The Kier molecular flexibility index (Phi) is 5.34. The van der Waals surface area contributed by atoms with Crippen molar-refractivity contribution in [2.45, 2.75) is 36.9 Å². The van der Waals surface area contributed by atoms with E-state index in [0.29, 0.717) is 16.6 Å². The number of thioether (sulfide) groups is 1. The number of fused-ring (bicyclic) bond motifs is 4. The Labute approximate surface area is 193 Å². The van der Waals surface area contributed by atoms with Crippen LogP contribution in [0.1, 0.15) is 35.2 Å². The maximum Gasteiger partial charge on any atom is 0.253 e. The van der Waals surface area contributed by atoms with Crippen molar-refractivity contribution in [3.05, 3.63) is 52.1 Å². The Balaban J connectivity index is 1.40. The molecule has 162 valence electrons. The number of rotatable bonds is 3. The molecular weight excluding hydrogens is 480 g/mol. The molecule has 9 heteroatoms. The highest BCUT2D eigenvalue weighted by Gasteiger charge is 2.54. The molecule has 1 aliphatic carbocycles. The highest BCUT2D eigenvalue weighted by Crippen LogP contribution is 2.54. The summed E-state index contributed by atoms with van der Waals surface area (Å²) in [5, 5.41) is 3.80. The standard InChI is InChI=1S/C22H23BrN4O3S/c1-29-19-7-2-12(10-25-19)20(28)26-14-4-6-18-16(9-14)22(11-31-21(24)27-22)15-8-13(23)3-5-17(15)30-18/h2-3,5,7-8,10,14,16,18H,4,6,9,11H2,1H3,(H2,24,27)(H,26,28)/t14?,16-,18-,22?/m0/s1. The molecule has 2 unspecified atom stereocenters. The van der Waals surface area contributed by atoms with Crippen LogP contribution in [0.2, 0.25) is 0 Å². The summed E-state index contributed by atoms with van der Waals surface area (Å²) in [5.41, 5.74) is 7.31. The number of nitrogens with one attached hydrogen (secondary N) is 1. The molecule has 1 amide bonds. The molecule has 2 aromatic rings. The van der Waals surface area contributed by atoms with E-state index in [2.05, 4.69) is 32.3 Å². The zero-order valence-electron chi connectivity index (χ0n) is 17.0. The van der Waals surface area contributed by atoms with Gasteiger partial charge in [0.15, 0.2) is 5.17 Å². The van der Waals surface area contributed by atoms with Gasteiger partial charge in [-0.05, 0) is 43.5 Å². The third kappa shape index (κ3) is 3.67. The highest BCUT2D eigenvalue weighted by molar-refractivity contribution is 9.10.